The topological polar surface area (TPSA) is 38.3 Å². The molecule has 1 aliphatic heterocycles. The van der Waals surface area contributed by atoms with Crippen molar-refractivity contribution in [1.82, 2.24) is 5.32 Å². The lowest BCUT2D eigenvalue weighted by Gasteiger charge is -2.29. The van der Waals surface area contributed by atoms with Gasteiger partial charge in [-0.1, -0.05) is 0 Å². The fourth-order valence-corrected chi connectivity index (χ4v) is 1.54. The van der Waals surface area contributed by atoms with Gasteiger partial charge >= 0.3 is 12.1 Å². The zero-order valence-electron chi connectivity index (χ0n) is 8.13. The van der Waals surface area contributed by atoms with Gasteiger partial charge in [-0.2, -0.15) is 13.2 Å². The highest BCUT2D eigenvalue weighted by Gasteiger charge is 2.43. The van der Waals surface area contributed by atoms with E-state index in [1.807, 2.05) is 0 Å². The Bertz CT molecular complexity index is 222. The highest BCUT2D eigenvalue weighted by molar-refractivity contribution is 5.85. The van der Waals surface area contributed by atoms with Crippen molar-refractivity contribution in [3.8, 4) is 0 Å². The summed E-state index contributed by atoms with van der Waals surface area (Å²) in [6, 6.07) is -0.819. The van der Waals surface area contributed by atoms with Crippen LogP contribution in [0.4, 0.5) is 13.2 Å². The Labute approximate surface area is 91.8 Å². The van der Waals surface area contributed by atoms with Crippen LogP contribution in [0.25, 0.3) is 0 Å². The van der Waals surface area contributed by atoms with Gasteiger partial charge in [0.15, 0.2) is 0 Å². The molecule has 15 heavy (non-hydrogen) atoms. The average Bonchev–Trinajstić information content (AvgIpc) is 2.15. The van der Waals surface area contributed by atoms with Crippen LogP contribution in [0, 0.1) is 5.92 Å². The van der Waals surface area contributed by atoms with E-state index in [0.717, 1.165) is 0 Å². The fraction of sp³-hybridized carbons (Fsp3) is 0.875. The van der Waals surface area contributed by atoms with Gasteiger partial charge in [-0.25, -0.2) is 0 Å². The molecule has 0 aromatic carbocycles. The molecule has 0 aliphatic carbocycles. The number of methoxy groups -OCH3 is 1. The maximum Gasteiger partial charge on any atom is 0.391 e. The Morgan fingerprint density at radius 2 is 2.07 bits per heavy atom. The van der Waals surface area contributed by atoms with Gasteiger partial charge < -0.3 is 10.1 Å². The van der Waals surface area contributed by atoms with Crippen molar-refractivity contribution in [1.29, 1.82) is 0 Å². The summed E-state index contributed by atoms with van der Waals surface area (Å²) in [4.78, 5) is 11.0. The summed E-state index contributed by atoms with van der Waals surface area (Å²) in [7, 11) is 1.17. The molecule has 0 radical (unpaired) electrons. The van der Waals surface area contributed by atoms with Crippen molar-refractivity contribution >= 4 is 18.4 Å². The molecule has 1 aliphatic rings. The molecule has 0 saturated carbocycles. The molecule has 0 aromatic heterocycles. The van der Waals surface area contributed by atoms with E-state index in [1.54, 1.807) is 0 Å². The van der Waals surface area contributed by atoms with E-state index >= 15 is 0 Å². The quantitative estimate of drug-likeness (QED) is 0.714. The van der Waals surface area contributed by atoms with E-state index in [4.69, 9.17) is 0 Å². The molecule has 1 heterocycles. The summed E-state index contributed by atoms with van der Waals surface area (Å²) in [6.45, 7) is 0.198. The molecule has 1 fully saturated rings. The SMILES string of the molecule is COC(=O)C1CC(C(F)(F)F)CCN1.Cl. The van der Waals surface area contributed by atoms with Crippen molar-refractivity contribution in [3.05, 3.63) is 0 Å². The number of alkyl halides is 3. The molecule has 90 valence electrons. The van der Waals surface area contributed by atoms with Crippen molar-refractivity contribution in [3.63, 3.8) is 0 Å². The normalized spacial score (nSPS) is 26.7. The lowest BCUT2D eigenvalue weighted by Crippen LogP contribution is -2.47. The van der Waals surface area contributed by atoms with E-state index < -0.39 is 24.1 Å². The van der Waals surface area contributed by atoms with E-state index in [-0.39, 0.29) is 31.8 Å². The van der Waals surface area contributed by atoms with Gasteiger partial charge in [0.1, 0.15) is 6.04 Å². The van der Waals surface area contributed by atoms with E-state index in [1.165, 1.54) is 7.11 Å². The van der Waals surface area contributed by atoms with Gasteiger partial charge in [-0.15, -0.1) is 12.4 Å². The summed E-state index contributed by atoms with van der Waals surface area (Å²) in [5.74, 6) is -2.02. The summed E-state index contributed by atoms with van der Waals surface area (Å²) >= 11 is 0. The van der Waals surface area contributed by atoms with Crippen molar-refractivity contribution in [2.45, 2.75) is 25.1 Å². The number of ether oxygens (including phenoxy) is 1. The molecule has 2 unspecified atom stereocenters. The van der Waals surface area contributed by atoms with Crippen molar-refractivity contribution in [2.75, 3.05) is 13.7 Å². The van der Waals surface area contributed by atoms with Gasteiger partial charge in [0.05, 0.1) is 13.0 Å². The molecule has 1 N–H and O–H groups in total. The number of nitrogens with one attached hydrogen (secondary N) is 1. The Balaban J connectivity index is 0.00000196. The first-order valence-electron chi connectivity index (χ1n) is 4.33. The standard InChI is InChI=1S/C8H12F3NO2.ClH/c1-14-7(13)6-4-5(2-3-12-6)8(9,10)11;/h5-6,12H,2-4H2,1H3;1H. The van der Waals surface area contributed by atoms with Crippen LogP contribution in [0.2, 0.25) is 0 Å². The molecule has 1 rings (SSSR count). The van der Waals surface area contributed by atoms with Crippen LogP contribution in [0.15, 0.2) is 0 Å². The van der Waals surface area contributed by atoms with E-state index in [0.29, 0.717) is 0 Å². The second kappa shape index (κ2) is 5.55. The molecule has 0 bridgehead atoms. The first-order chi connectivity index (χ1) is 6.45. The summed E-state index contributed by atoms with van der Waals surface area (Å²) in [6.07, 6.45) is -4.42. The third kappa shape index (κ3) is 3.87. The summed E-state index contributed by atoms with van der Waals surface area (Å²) in [5, 5.41) is 2.70. The molecular weight excluding hydrogens is 235 g/mol. The highest BCUT2D eigenvalue weighted by Crippen LogP contribution is 2.34. The zero-order chi connectivity index (χ0) is 10.8. The smallest absolute Gasteiger partial charge is 0.391 e. The first-order valence-corrected chi connectivity index (χ1v) is 4.33. The number of piperidine rings is 1. The molecule has 1 saturated heterocycles. The van der Waals surface area contributed by atoms with Gasteiger partial charge in [0.25, 0.3) is 0 Å². The molecular formula is C8H13ClF3NO2. The van der Waals surface area contributed by atoms with Crippen LogP contribution in [0.1, 0.15) is 12.8 Å². The van der Waals surface area contributed by atoms with E-state index in [2.05, 4.69) is 10.1 Å². The third-order valence-corrected chi connectivity index (χ3v) is 2.35. The van der Waals surface area contributed by atoms with Crippen molar-refractivity contribution in [2.24, 2.45) is 5.92 Å². The minimum absolute atomic E-state index is 0. The van der Waals surface area contributed by atoms with Crippen LogP contribution in [0.5, 0.6) is 0 Å². The lowest BCUT2D eigenvalue weighted by molar-refractivity contribution is -0.185. The third-order valence-electron chi connectivity index (χ3n) is 2.35. The number of esters is 1. The zero-order valence-corrected chi connectivity index (χ0v) is 8.95. The van der Waals surface area contributed by atoms with Gasteiger partial charge in [0.2, 0.25) is 0 Å². The molecule has 3 nitrogen and oxygen atoms in total. The Hall–Kier alpha value is -0.490. The number of hydrogen-bond acceptors (Lipinski definition) is 3. The minimum atomic E-state index is -4.21. The van der Waals surface area contributed by atoms with Crippen LogP contribution < -0.4 is 5.32 Å². The van der Waals surface area contributed by atoms with Gasteiger partial charge in [0, 0.05) is 0 Å². The molecule has 0 amide bonds. The van der Waals surface area contributed by atoms with Crippen LogP contribution >= 0.6 is 12.4 Å². The van der Waals surface area contributed by atoms with Crippen molar-refractivity contribution < 1.29 is 22.7 Å². The Kier molecular flexibility index (Phi) is 5.37. The van der Waals surface area contributed by atoms with Crippen LogP contribution in [-0.2, 0) is 9.53 Å². The minimum Gasteiger partial charge on any atom is -0.468 e. The number of carbonyl (C=O) groups excluding carboxylic acids is 1. The molecule has 7 heteroatoms. The number of halogens is 4. The lowest BCUT2D eigenvalue weighted by atomic mass is 9.92. The molecule has 2 atom stereocenters. The highest BCUT2D eigenvalue weighted by atomic mass is 35.5. The Morgan fingerprint density at radius 3 is 2.53 bits per heavy atom. The molecule has 0 aromatic rings. The number of rotatable bonds is 1. The summed E-state index contributed by atoms with van der Waals surface area (Å²) in [5.41, 5.74) is 0. The van der Waals surface area contributed by atoms with Gasteiger partial charge in [-0.05, 0) is 19.4 Å². The average molecular weight is 248 g/mol. The Morgan fingerprint density at radius 1 is 1.47 bits per heavy atom. The second-order valence-electron chi connectivity index (χ2n) is 3.29. The van der Waals surface area contributed by atoms with E-state index in [9.17, 15) is 18.0 Å². The van der Waals surface area contributed by atoms with Crippen LogP contribution in [0.3, 0.4) is 0 Å². The predicted molar refractivity (Wildman–Crippen MR) is 49.8 cm³/mol. The second-order valence-corrected chi connectivity index (χ2v) is 3.29. The number of carbonyl (C=O) groups is 1. The maximum absolute atomic E-state index is 12.3. The van der Waals surface area contributed by atoms with Gasteiger partial charge in [-0.3, -0.25) is 4.79 Å². The predicted octanol–water partition coefficient (Wildman–Crippen LogP) is 1.51. The fourth-order valence-electron chi connectivity index (χ4n) is 1.54. The molecule has 0 spiro atoms. The maximum atomic E-state index is 12.3. The first kappa shape index (κ1) is 14.5. The number of hydrogen-bond donors (Lipinski definition) is 1. The monoisotopic (exact) mass is 247 g/mol. The largest absolute Gasteiger partial charge is 0.468 e. The summed E-state index contributed by atoms with van der Waals surface area (Å²) < 4.78 is 41.3. The van der Waals surface area contributed by atoms with Crippen LogP contribution in [-0.4, -0.2) is 31.8 Å².